The fourth-order valence-corrected chi connectivity index (χ4v) is 3.26. The van der Waals surface area contributed by atoms with Crippen molar-refractivity contribution in [3.8, 4) is 0 Å². The van der Waals surface area contributed by atoms with Gasteiger partial charge in [0, 0.05) is 32.4 Å². The van der Waals surface area contributed by atoms with Gasteiger partial charge in [-0.15, -0.1) is 0 Å². The largest absolute Gasteiger partial charge is 0.377 e. The van der Waals surface area contributed by atoms with Gasteiger partial charge in [-0.25, -0.2) is 9.78 Å². The van der Waals surface area contributed by atoms with E-state index in [4.69, 9.17) is 4.74 Å². The molecule has 0 aliphatic carbocycles. The first-order valence-electron chi connectivity index (χ1n) is 8.58. The summed E-state index contributed by atoms with van der Waals surface area (Å²) in [7, 11) is 0. The number of rotatable bonds is 4. The number of nitrogens with zero attached hydrogens (tertiary/aromatic N) is 3. The Balaban J connectivity index is 1.95. The van der Waals surface area contributed by atoms with Crippen molar-refractivity contribution in [1.29, 1.82) is 0 Å². The molecule has 0 unspecified atom stereocenters. The minimum Gasteiger partial charge on any atom is -0.377 e. The third-order valence-electron chi connectivity index (χ3n) is 4.46. The number of hydrogen-bond acceptors (Lipinski definition) is 5. The first kappa shape index (κ1) is 17.3. The topological polar surface area (TPSA) is 97.3 Å². The third kappa shape index (κ3) is 3.34. The van der Waals surface area contributed by atoms with Crippen molar-refractivity contribution in [3.05, 3.63) is 38.7 Å². The maximum absolute atomic E-state index is 12.8. The van der Waals surface area contributed by atoms with Crippen LogP contribution in [0.15, 0.2) is 21.9 Å². The van der Waals surface area contributed by atoms with E-state index in [1.165, 1.54) is 16.8 Å². The minimum absolute atomic E-state index is 0.0461. The number of nitrogens with one attached hydrogen (secondary N) is 1. The number of pyridine rings is 1. The van der Waals surface area contributed by atoms with E-state index < -0.39 is 11.2 Å². The van der Waals surface area contributed by atoms with Gasteiger partial charge in [0.2, 0.25) is 0 Å². The highest BCUT2D eigenvalue weighted by molar-refractivity contribution is 5.96. The number of aromatic amines is 1. The average Bonchev–Trinajstić information content (AvgIpc) is 2.62. The zero-order chi connectivity index (χ0) is 18.0. The second kappa shape index (κ2) is 7.18. The third-order valence-corrected chi connectivity index (χ3v) is 4.46. The number of carbonyl (C=O) groups excluding carboxylic acids is 1. The molecule has 25 heavy (non-hydrogen) atoms. The number of piperidine rings is 1. The molecule has 1 amide bonds. The molecule has 0 radical (unpaired) electrons. The van der Waals surface area contributed by atoms with Gasteiger partial charge >= 0.3 is 5.69 Å². The van der Waals surface area contributed by atoms with E-state index in [1.807, 2.05) is 6.92 Å². The number of hydrogen-bond donors (Lipinski definition) is 1. The number of fused-ring (bicyclic) bond motifs is 1. The lowest BCUT2D eigenvalue weighted by atomic mass is 10.1. The Morgan fingerprint density at radius 2 is 2.20 bits per heavy atom. The molecule has 3 rings (SSSR count). The summed E-state index contributed by atoms with van der Waals surface area (Å²) in [6, 6.07) is 1.51. The van der Waals surface area contributed by atoms with E-state index in [9.17, 15) is 14.4 Å². The molecule has 2 aromatic rings. The summed E-state index contributed by atoms with van der Waals surface area (Å²) in [5, 5.41) is 0.241. The smallest absolute Gasteiger partial charge is 0.329 e. The van der Waals surface area contributed by atoms with Crippen LogP contribution in [-0.4, -0.2) is 51.1 Å². The van der Waals surface area contributed by atoms with Gasteiger partial charge in [0.1, 0.15) is 5.65 Å². The van der Waals surface area contributed by atoms with Crippen LogP contribution in [-0.2, 0) is 11.3 Å². The summed E-state index contributed by atoms with van der Waals surface area (Å²) in [5.41, 5.74) is -0.394. The second-order valence-corrected chi connectivity index (χ2v) is 6.07. The lowest BCUT2D eigenvalue weighted by molar-refractivity contribution is 0.00723. The van der Waals surface area contributed by atoms with Gasteiger partial charge < -0.3 is 9.64 Å². The number of aromatic nitrogens is 3. The van der Waals surface area contributed by atoms with E-state index in [2.05, 4.69) is 9.97 Å². The van der Waals surface area contributed by atoms with Crippen LogP contribution >= 0.6 is 0 Å². The minimum atomic E-state index is -0.530. The molecule has 0 saturated carbocycles. The summed E-state index contributed by atoms with van der Waals surface area (Å²) in [6.45, 7) is 5.93. The van der Waals surface area contributed by atoms with Crippen LogP contribution in [0.5, 0.6) is 0 Å². The molecule has 8 heteroatoms. The Hall–Kier alpha value is -2.48. The van der Waals surface area contributed by atoms with Crippen molar-refractivity contribution in [1.82, 2.24) is 19.4 Å². The fraction of sp³-hybridized carbons (Fsp3) is 0.529. The maximum atomic E-state index is 12.8. The molecule has 1 atom stereocenters. The van der Waals surface area contributed by atoms with Gasteiger partial charge in [0.25, 0.3) is 11.5 Å². The van der Waals surface area contributed by atoms with Crippen molar-refractivity contribution in [2.45, 2.75) is 39.3 Å². The normalized spacial score (nSPS) is 17.8. The average molecular weight is 346 g/mol. The van der Waals surface area contributed by atoms with Crippen LogP contribution in [0.3, 0.4) is 0 Å². The molecule has 2 aromatic heterocycles. The molecule has 1 aliphatic heterocycles. The first-order chi connectivity index (χ1) is 12.0. The number of H-pyrrole nitrogens is 1. The Morgan fingerprint density at radius 3 is 2.92 bits per heavy atom. The van der Waals surface area contributed by atoms with Gasteiger partial charge in [-0.3, -0.25) is 19.1 Å². The van der Waals surface area contributed by atoms with Crippen LogP contribution in [0.4, 0.5) is 0 Å². The predicted octanol–water partition coefficient (Wildman–Crippen LogP) is 0.746. The molecule has 134 valence electrons. The SMILES string of the molecule is CCO[C@H]1CCCN(C(=O)c2cnc3c(c2)c(=O)[nH]c(=O)n3CC)C1. The van der Waals surface area contributed by atoms with Crippen molar-refractivity contribution < 1.29 is 9.53 Å². The lowest BCUT2D eigenvalue weighted by Gasteiger charge is -2.32. The van der Waals surface area contributed by atoms with Crippen LogP contribution in [0, 0.1) is 0 Å². The second-order valence-electron chi connectivity index (χ2n) is 6.07. The van der Waals surface area contributed by atoms with Gasteiger partial charge in [0.15, 0.2) is 0 Å². The molecule has 8 nitrogen and oxygen atoms in total. The molecule has 1 saturated heterocycles. The lowest BCUT2D eigenvalue weighted by Crippen LogP contribution is -2.43. The standard InChI is InChI=1S/C17H22N4O4/c1-3-21-14-13(15(22)19-17(21)24)8-11(9-18-14)16(23)20-7-5-6-12(10-20)25-4-2/h8-9,12H,3-7,10H2,1-2H3,(H,19,22,24)/t12-/m0/s1. The Morgan fingerprint density at radius 1 is 1.40 bits per heavy atom. The highest BCUT2D eigenvalue weighted by Gasteiger charge is 2.25. The quantitative estimate of drug-likeness (QED) is 0.881. The molecule has 1 fully saturated rings. The fourth-order valence-electron chi connectivity index (χ4n) is 3.26. The van der Waals surface area contributed by atoms with E-state index >= 15 is 0 Å². The predicted molar refractivity (Wildman–Crippen MR) is 92.8 cm³/mol. The van der Waals surface area contributed by atoms with E-state index in [1.54, 1.807) is 11.8 Å². The van der Waals surface area contributed by atoms with Crippen molar-refractivity contribution in [3.63, 3.8) is 0 Å². The van der Waals surface area contributed by atoms with Crippen molar-refractivity contribution in [2.24, 2.45) is 0 Å². The van der Waals surface area contributed by atoms with Crippen molar-refractivity contribution in [2.75, 3.05) is 19.7 Å². The Bertz CT molecular complexity index is 900. The zero-order valence-corrected chi connectivity index (χ0v) is 14.4. The van der Waals surface area contributed by atoms with Crippen molar-refractivity contribution >= 4 is 16.9 Å². The molecule has 3 heterocycles. The molecule has 1 aliphatic rings. The first-order valence-corrected chi connectivity index (χ1v) is 8.58. The molecule has 0 bridgehead atoms. The Kier molecular flexibility index (Phi) is 4.98. The van der Waals surface area contributed by atoms with E-state index in [-0.39, 0.29) is 17.4 Å². The van der Waals surface area contributed by atoms with Crippen LogP contribution < -0.4 is 11.2 Å². The van der Waals surface area contributed by atoms with Crippen LogP contribution in [0.25, 0.3) is 11.0 Å². The van der Waals surface area contributed by atoms with Gasteiger partial charge in [0.05, 0.1) is 17.1 Å². The van der Waals surface area contributed by atoms with E-state index in [0.29, 0.717) is 37.5 Å². The maximum Gasteiger partial charge on any atom is 0.329 e. The number of likely N-dealkylation sites (tertiary alicyclic amines) is 1. The molecule has 1 N–H and O–H groups in total. The van der Waals surface area contributed by atoms with Gasteiger partial charge in [-0.05, 0) is 32.8 Å². The highest BCUT2D eigenvalue weighted by Crippen LogP contribution is 2.17. The summed E-state index contributed by atoms with van der Waals surface area (Å²) in [6.07, 6.45) is 3.30. The number of amides is 1. The van der Waals surface area contributed by atoms with E-state index in [0.717, 1.165) is 12.8 Å². The molecular formula is C17H22N4O4. The monoisotopic (exact) mass is 346 g/mol. The number of ether oxygens (including phenoxy) is 1. The highest BCUT2D eigenvalue weighted by atomic mass is 16.5. The Labute approximate surface area is 144 Å². The van der Waals surface area contributed by atoms with Gasteiger partial charge in [-0.1, -0.05) is 0 Å². The number of aryl methyl sites for hydroxylation is 1. The molecule has 0 spiro atoms. The summed E-state index contributed by atoms with van der Waals surface area (Å²) < 4.78 is 7.00. The molecular weight excluding hydrogens is 324 g/mol. The summed E-state index contributed by atoms with van der Waals surface area (Å²) >= 11 is 0. The number of carbonyl (C=O) groups is 1. The van der Waals surface area contributed by atoms with Gasteiger partial charge in [-0.2, -0.15) is 0 Å². The summed E-state index contributed by atoms with van der Waals surface area (Å²) in [4.78, 5) is 44.9. The molecule has 0 aromatic carbocycles. The van der Waals surface area contributed by atoms with Crippen LogP contribution in [0.1, 0.15) is 37.0 Å². The summed E-state index contributed by atoms with van der Waals surface area (Å²) in [5.74, 6) is -0.174. The zero-order valence-electron chi connectivity index (χ0n) is 14.4. The van der Waals surface area contributed by atoms with Crippen LogP contribution in [0.2, 0.25) is 0 Å².